The molecule has 0 saturated carbocycles. The van der Waals surface area contributed by atoms with E-state index >= 15 is 0 Å². The SMILES string of the molecule is CC(Cl)=C(C)N1CCCN(CCCCOc2ccc3cn[nH]c3c2)CC1. The number of benzene rings is 1. The molecule has 0 unspecified atom stereocenters. The summed E-state index contributed by atoms with van der Waals surface area (Å²) >= 11 is 6.15. The molecule has 6 heteroatoms. The van der Waals surface area contributed by atoms with Crippen molar-refractivity contribution in [2.45, 2.75) is 33.1 Å². The average molecular weight is 377 g/mol. The molecule has 2 heterocycles. The van der Waals surface area contributed by atoms with E-state index in [4.69, 9.17) is 16.3 Å². The molecule has 0 amide bonds. The van der Waals surface area contributed by atoms with Crippen LogP contribution in [0.3, 0.4) is 0 Å². The quantitative estimate of drug-likeness (QED) is 0.735. The molecule has 142 valence electrons. The first-order chi connectivity index (χ1) is 12.6. The molecule has 0 atom stereocenters. The van der Waals surface area contributed by atoms with Gasteiger partial charge in [0.05, 0.1) is 18.3 Å². The van der Waals surface area contributed by atoms with Crippen LogP contribution in [0.15, 0.2) is 35.1 Å². The number of ether oxygens (including phenoxy) is 1. The summed E-state index contributed by atoms with van der Waals surface area (Å²) < 4.78 is 5.88. The predicted octanol–water partition coefficient (Wildman–Crippen LogP) is 4.22. The molecule has 1 aromatic carbocycles. The van der Waals surface area contributed by atoms with Gasteiger partial charge >= 0.3 is 0 Å². The third kappa shape index (κ3) is 5.15. The van der Waals surface area contributed by atoms with E-state index in [0.29, 0.717) is 0 Å². The van der Waals surface area contributed by atoms with Crippen molar-refractivity contribution in [1.29, 1.82) is 0 Å². The minimum absolute atomic E-state index is 0.757. The normalized spacial score (nSPS) is 17.3. The lowest BCUT2D eigenvalue weighted by Gasteiger charge is -2.24. The van der Waals surface area contributed by atoms with E-state index in [0.717, 1.165) is 67.3 Å². The summed E-state index contributed by atoms with van der Waals surface area (Å²) in [4.78, 5) is 4.98. The fourth-order valence-electron chi connectivity index (χ4n) is 3.38. The first kappa shape index (κ1) is 19.1. The standard InChI is InChI=1S/C20H29ClN4O/c1-16(21)17(2)25-10-5-9-24(11-12-25)8-3-4-13-26-19-7-6-18-15-22-23-20(18)14-19/h6-7,14-15H,3-5,8-13H2,1-2H3,(H,22,23). The summed E-state index contributed by atoms with van der Waals surface area (Å²) in [5, 5.41) is 9.03. The Labute approximate surface area is 160 Å². The topological polar surface area (TPSA) is 44.4 Å². The maximum Gasteiger partial charge on any atom is 0.121 e. The highest BCUT2D eigenvalue weighted by Crippen LogP contribution is 2.19. The van der Waals surface area contributed by atoms with E-state index in [1.165, 1.54) is 18.7 Å². The highest BCUT2D eigenvalue weighted by molar-refractivity contribution is 6.29. The van der Waals surface area contributed by atoms with Gasteiger partial charge in [-0.25, -0.2) is 0 Å². The van der Waals surface area contributed by atoms with Gasteiger partial charge in [0, 0.05) is 41.8 Å². The van der Waals surface area contributed by atoms with Gasteiger partial charge in [0.15, 0.2) is 0 Å². The fourth-order valence-corrected chi connectivity index (χ4v) is 3.50. The summed E-state index contributed by atoms with van der Waals surface area (Å²) in [6.07, 6.45) is 5.26. The third-order valence-electron chi connectivity index (χ3n) is 5.11. The Morgan fingerprint density at radius 3 is 2.92 bits per heavy atom. The van der Waals surface area contributed by atoms with Crippen LogP contribution in [0, 0.1) is 0 Å². The summed E-state index contributed by atoms with van der Waals surface area (Å²) in [5.74, 6) is 0.908. The zero-order valence-corrected chi connectivity index (χ0v) is 16.6. The Morgan fingerprint density at radius 2 is 2.08 bits per heavy atom. The molecular weight excluding hydrogens is 348 g/mol. The lowest BCUT2D eigenvalue weighted by Crippen LogP contribution is -2.31. The van der Waals surface area contributed by atoms with E-state index < -0.39 is 0 Å². The summed E-state index contributed by atoms with van der Waals surface area (Å²) in [6, 6.07) is 6.06. The predicted molar refractivity (Wildman–Crippen MR) is 108 cm³/mol. The van der Waals surface area contributed by atoms with Crippen molar-refractivity contribution < 1.29 is 4.74 Å². The zero-order valence-electron chi connectivity index (χ0n) is 15.8. The van der Waals surface area contributed by atoms with Gasteiger partial charge in [0.2, 0.25) is 0 Å². The van der Waals surface area contributed by atoms with Crippen LogP contribution in [0.1, 0.15) is 33.1 Å². The van der Waals surface area contributed by atoms with Gasteiger partial charge in [0.1, 0.15) is 5.75 Å². The molecule has 26 heavy (non-hydrogen) atoms. The molecule has 5 nitrogen and oxygen atoms in total. The Bertz CT molecular complexity index is 738. The van der Waals surface area contributed by atoms with E-state index in [1.54, 1.807) is 0 Å². The smallest absolute Gasteiger partial charge is 0.121 e. The number of nitrogens with zero attached hydrogens (tertiary/aromatic N) is 3. The number of nitrogens with one attached hydrogen (secondary N) is 1. The Morgan fingerprint density at radius 1 is 1.19 bits per heavy atom. The van der Waals surface area contributed by atoms with Gasteiger partial charge < -0.3 is 14.5 Å². The van der Waals surface area contributed by atoms with Gasteiger partial charge in [-0.2, -0.15) is 5.10 Å². The van der Waals surface area contributed by atoms with Crippen LogP contribution in [-0.2, 0) is 0 Å². The molecule has 1 aliphatic heterocycles. The molecular formula is C20H29ClN4O. The molecule has 2 aromatic rings. The molecule has 3 rings (SSSR count). The van der Waals surface area contributed by atoms with Crippen LogP contribution < -0.4 is 4.74 Å². The first-order valence-electron chi connectivity index (χ1n) is 9.50. The lowest BCUT2D eigenvalue weighted by atomic mass is 10.2. The summed E-state index contributed by atoms with van der Waals surface area (Å²) in [5.41, 5.74) is 2.24. The number of aromatic nitrogens is 2. The van der Waals surface area contributed by atoms with Gasteiger partial charge in [-0.1, -0.05) is 11.6 Å². The minimum Gasteiger partial charge on any atom is -0.494 e. The highest BCUT2D eigenvalue weighted by atomic mass is 35.5. The lowest BCUT2D eigenvalue weighted by molar-refractivity contribution is 0.253. The number of rotatable bonds is 7. The van der Waals surface area contributed by atoms with Crippen LogP contribution >= 0.6 is 11.6 Å². The number of hydrogen-bond donors (Lipinski definition) is 1. The van der Waals surface area contributed by atoms with Gasteiger partial charge in [-0.15, -0.1) is 0 Å². The molecule has 0 aliphatic carbocycles. The van der Waals surface area contributed by atoms with Crippen LogP contribution in [0.2, 0.25) is 0 Å². The molecule has 1 N–H and O–H groups in total. The van der Waals surface area contributed by atoms with Gasteiger partial charge in [-0.05, 0) is 58.3 Å². The van der Waals surface area contributed by atoms with Crippen molar-refractivity contribution in [2.24, 2.45) is 0 Å². The van der Waals surface area contributed by atoms with E-state index in [-0.39, 0.29) is 0 Å². The van der Waals surface area contributed by atoms with Crippen molar-refractivity contribution in [3.8, 4) is 5.75 Å². The van der Waals surface area contributed by atoms with Crippen LogP contribution in [-0.4, -0.2) is 59.3 Å². The minimum atomic E-state index is 0.757. The van der Waals surface area contributed by atoms with E-state index in [1.807, 2.05) is 31.3 Å². The maximum atomic E-state index is 6.15. The fraction of sp³-hybridized carbons (Fsp3) is 0.550. The van der Waals surface area contributed by atoms with Crippen LogP contribution in [0.25, 0.3) is 10.9 Å². The van der Waals surface area contributed by atoms with Crippen LogP contribution in [0.4, 0.5) is 0 Å². The molecule has 1 aliphatic rings. The molecule has 1 fully saturated rings. The number of fused-ring (bicyclic) bond motifs is 1. The first-order valence-corrected chi connectivity index (χ1v) is 9.87. The van der Waals surface area contributed by atoms with Gasteiger partial charge in [-0.3, -0.25) is 5.10 Å². The van der Waals surface area contributed by atoms with Crippen LogP contribution in [0.5, 0.6) is 5.75 Å². The molecule has 1 saturated heterocycles. The number of allylic oxidation sites excluding steroid dienone is 2. The third-order valence-corrected chi connectivity index (χ3v) is 5.39. The van der Waals surface area contributed by atoms with E-state index in [9.17, 15) is 0 Å². The number of H-pyrrole nitrogens is 1. The summed E-state index contributed by atoms with van der Waals surface area (Å²) in [7, 11) is 0. The molecule has 0 radical (unpaired) electrons. The molecule has 0 bridgehead atoms. The summed E-state index contributed by atoms with van der Waals surface area (Å²) in [6.45, 7) is 10.4. The van der Waals surface area contributed by atoms with Crippen molar-refractivity contribution in [1.82, 2.24) is 20.0 Å². The second kappa shape index (κ2) is 9.28. The molecule has 0 spiro atoms. The van der Waals surface area contributed by atoms with E-state index in [2.05, 4.69) is 26.9 Å². The Hall–Kier alpha value is -1.72. The van der Waals surface area contributed by atoms with Gasteiger partial charge in [0.25, 0.3) is 0 Å². The number of unbranched alkanes of at least 4 members (excludes halogenated alkanes) is 1. The molecule has 1 aromatic heterocycles. The van der Waals surface area contributed by atoms with Crippen molar-refractivity contribution >= 4 is 22.5 Å². The largest absolute Gasteiger partial charge is 0.494 e. The van der Waals surface area contributed by atoms with Crippen molar-refractivity contribution in [2.75, 3.05) is 39.3 Å². The highest BCUT2D eigenvalue weighted by Gasteiger charge is 2.15. The zero-order chi connectivity index (χ0) is 18.4. The second-order valence-electron chi connectivity index (χ2n) is 6.98. The number of aromatic amines is 1. The van der Waals surface area contributed by atoms with Crippen molar-refractivity contribution in [3.63, 3.8) is 0 Å². The van der Waals surface area contributed by atoms with Crippen molar-refractivity contribution in [3.05, 3.63) is 35.1 Å². The Kier molecular flexibility index (Phi) is 6.80. The average Bonchev–Trinajstić information content (AvgIpc) is 2.97. The number of halogens is 1. The monoisotopic (exact) mass is 376 g/mol. The number of hydrogen-bond acceptors (Lipinski definition) is 4. The Balaban J connectivity index is 1.35. The second-order valence-corrected chi connectivity index (χ2v) is 7.54. The maximum absolute atomic E-state index is 6.15.